The van der Waals surface area contributed by atoms with Gasteiger partial charge in [-0.15, -0.1) is 0 Å². The first-order chi connectivity index (χ1) is 11.0. The fourth-order valence-corrected chi connectivity index (χ4v) is 3.06. The van der Waals surface area contributed by atoms with Crippen LogP contribution in [-0.2, 0) is 17.8 Å². The lowest BCUT2D eigenvalue weighted by molar-refractivity contribution is 0.0533. The standard InChI is InChI=1S/C19H26O4/c1-5-6-7-8-12(2)9-10-14-17(20)16-15(11-23-19(16)21)13(3)18(14)22-4/h9,20H,5-8,10-11H2,1-4H3. The van der Waals surface area contributed by atoms with Gasteiger partial charge in [0.1, 0.15) is 23.7 Å². The number of rotatable bonds is 7. The van der Waals surface area contributed by atoms with Crippen molar-refractivity contribution in [1.29, 1.82) is 0 Å². The second-order valence-corrected chi connectivity index (χ2v) is 6.13. The highest BCUT2D eigenvalue weighted by molar-refractivity contribution is 5.98. The molecule has 4 nitrogen and oxygen atoms in total. The van der Waals surface area contributed by atoms with Gasteiger partial charge in [-0.05, 0) is 38.7 Å². The lowest BCUT2D eigenvalue weighted by atomic mass is 9.94. The molecule has 0 fully saturated rings. The highest BCUT2D eigenvalue weighted by atomic mass is 16.5. The number of fused-ring (bicyclic) bond motifs is 1. The Kier molecular flexibility index (Phi) is 5.69. The molecule has 0 aliphatic carbocycles. The van der Waals surface area contributed by atoms with E-state index < -0.39 is 5.97 Å². The molecule has 126 valence electrons. The molecule has 1 aromatic rings. The summed E-state index contributed by atoms with van der Waals surface area (Å²) in [5.41, 5.74) is 3.86. The summed E-state index contributed by atoms with van der Waals surface area (Å²) in [7, 11) is 1.59. The summed E-state index contributed by atoms with van der Waals surface area (Å²) < 4.78 is 10.6. The first kappa shape index (κ1) is 17.4. The maximum absolute atomic E-state index is 11.9. The highest BCUT2D eigenvalue weighted by Crippen LogP contribution is 2.42. The zero-order chi connectivity index (χ0) is 17.0. The molecule has 0 saturated carbocycles. The molecule has 0 aromatic heterocycles. The molecular formula is C19H26O4. The molecule has 1 aromatic carbocycles. The SMILES string of the molecule is CCCCCC(C)=CCc1c(O)c2c(c(C)c1OC)COC2=O. The molecule has 1 N–H and O–H groups in total. The lowest BCUT2D eigenvalue weighted by Crippen LogP contribution is -2.03. The average Bonchev–Trinajstić information content (AvgIpc) is 2.92. The van der Waals surface area contributed by atoms with Crippen LogP contribution >= 0.6 is 0 Å². The van der Waals surface area contributed by atoms with Crippen LogP contribution < -0.4 is 4.74 Å². The minimum atomic E-state index is -0.451. The summed E-state index contributed by atoms with van der Waals surface area (Å²) in [6, 6.07) is 0. The second kappa shape index (κ2) is 7.53. The van der Waals surface area contributed by atoms with Crippen LogP contribution in [0.3, 0.4) is 0 Å². The fraction of sp³-hybridized carbons (Fsp3) is 0.526. The largest absolute Gasteiger partial charge is 0.507 e. The van der Waals surface area contributed by atoms with Gasteiger partial charge in [0, 0.05) is 11.1 Å². The number of phenolic OH excluding ortho intramolecular Hbond substituents is 1. The summed E-state index contributed by atoms with van der Waals surface area (Å²) in [4.78, 5) is 11.9. The van der Waals surface area contributed by atoms with Gasteiger partial charge < -0.3 is 14.6 Å². The van der Waals surface area contributed by atoms with Gasteiger partial charge in [0.05, 0.1) is 7.11 Å². The van der Waals surface area contributed by atoms with Crippen LogP contribution in [0, 0.1) is 6.92 Å². The van der Waals surface area contributed by atoms with Gasteiger partial charge in [-0.25, -0.2) is 4.79 Å². The minimum Gasteiger partial charge on any atom is -0.507 e. The Bertz CT molecular complexity index is 629. The summed E-state index contributed by atoms with van der Waals surface area (Å²) in [5.74, 6) is 0.202. The second-order valence-electron chi connectivity index (χ2n) is 6.13. The van der Waals surface area contributed by atoms with E-state index in [4.69, 9.17) is 9.47 Å². The van der Waals surface area contributed by atoms with E-state index in [2.05, 4.69) is 19.9 Å². The zero-order valence-corrected chi connectivity index (χ0v) is 14.5. The van der Waals surface area contributed by atoms with Crippen molar-refractivity contribution in [2.24, 2.45) is 0 Å². The molecule has 0 unspecified atom stereocenters. The first-order valence-corrected chi connectivity index (χ1v) is 8.25. The third-order valence-corrected chi connectivity index (χ3v) is 4.48. The number of benzene rings is 1. The van der Waals surface area contributed by atoms with Crippen LogP contribution in [0.4, 0.5) is 0 Å². The number of esters is 1. The normalized spacial score (nSPS) is 13.9. The van der Waals surface area contributed by atoms with Crippen LogP contribution in [0.2, 0.25) is 0 Å². The van der Waals surface area contributed by atoms with Crippen molar-refractivity contribution in [3.05, 3.63) is 33.9 Å². The van der Waals surface area contributed by atoms with E-state index in [1.807, 2.05) is 6.92 Å². The van der Waals surface area contributed by atoms with Crippen molar-refractivity contribution in [1.82, 2.24) is 0 Å². The topological polar surface area (TPSA) is 55.8 Å². The number of ether oxygens (including phenoxy) is 2. The van der Waals surface area contributed by atoms with Gasteiger partial charge in [-0.3, -0.25) is 0 Å². The maximum Gasteiger partial charge on any atom is 0.342 e. The number of carbonyl (C=O) groups excluding carboxylic acids is 1. The zero-order valence-electron chi connectivity index (χ0n) is 14.5. The summed E-state index contributed by atoms with van der Waals surface area (Å²) in [5, 5.41) is 10.5. The number of aromatic hydroxyl groups is 1. The molecule has 1 aliphatic rings. The van der Waals surface area contributed by atoms with Crippen molar-refractivity contribution in [3.8, 4) is 11.5 Å². The third-order valence-electron chi connectivity index (χ3n) is 4.48. The number of cyclic esters (lactones) is 1. The molecule has 4 heteroatoms. The Hall–Kier alpha value is -1.97. The van der Waals surface area contributed by atoms with Crippen LogP contribution in [0.25, 0.3) is 0 Å². The van der Waals surface area contributed by atoms with E-state index in [0.29, 0.717) is 23.3 Å². The lowest BCUT2D eigenvalue weighted by Gasteiger charge is -2.15. The van der Waals surface area contributed by atoms with Crippen LogP contribution in [-0.4, -0.2) is 18.2 Å². The number of hydrogen-bond acceptors (Lipinski definition) is 4. The smallest absolute Gasteiger partial charge is 0.342 e. The average molecular weight is 318 g/mol. The van der Waals surface area contributed by atoms with Gasteiger partial charge in [0.2, 0.25) is 0 Å². The predicted octanol–water partition coefficient (Wildman–Crippen LogP) is 4.45. The van der Waals surface area contributed by atoms with Crippen molar-refractivity contribution in [2.45, 2.75) is 59.5 Å². The van der Waals surface area contributed by atoms with Gasteiger partial charge in [-0.1, -0.05) is 31.4 Å². The molecular weight excluding hydrogens is 292 g/mol. The molecule has 0 spiro atoms. The summed E-state index contributed by atoms with van der Waals surface area (Å²) in [6.45, 7) is 6.40. The van der Waals surface area contributed by atoms with Crippen molar-refractivity contribution in [2.75, 3.05) is 7.11 Å². The quantitative estimate of drug-likeness (QED) is 0.458. The predicted molar refractivity (Wildman–Crippen MR) is 90.1 cm³/mol. The summed E-state index contributed by atoms with van der Waals surface area (Å²) >= 11 is 0. The van der Waals surface area contributed by atoms with Gasteiger partial charge in [0.25, 0.3) is 0 Å². The first-order valence-electron chi connectivity index (χ1n) is 8.25. The van der Waals surface area contributed by atoms with Crippen LogP contribution in [0.5, 0.6) is 11.5 Å². The highest BCUT2D eigenvalue weighted by Gasteiger charge is 2.31. The Labute approximate surface area is 138 Å². The van der Waals surface area contributed by atoms with Crippen LogP contribution in [0.1, 0.15) is 66.6 Å². The monoisotopic (exact) mass is 318 g/mol. The fourth-order valence-electron chi connectivity index (χ4n) is 3.06. The molecule has 0 saturated heterocycles. The Morgan fingerprint density at radius 1 is 1.39 bits per heavy atom. The number of unbranched alkanes of at least 4 members (excludes halogenated alkanes) is 2. The Morgan fingerprint density at radius 3 is 2.78 bits per heavy atom. The van der Waals surface area contributed by atoms with Gasteiger partial charge >= 0.3 is 5.97 Å². The van der Waals surface area contributed by atoms with Crippen molar-refractivity contribution < 1.29 is 19.4 Å². The number of carbonyl (C=O) groups is 1. The number of methoxy groups -OCH3 is 1. The molecule has 1 heterocycles. The van der Waals surface area contributed by atoms with E-state index in [-0.39, 0.29) is 12.4 Å². The molecule has 0 bridgehead atoms. The number of phenols is 1. The molecule has 0 radical (unpaired) electrons. The maximum atomic E-state index is 11.9. The minimum absolute atomic E-state index is 0.00237. The van der Waals surface area contributed by atoms with E-state index >= 15 is 0 Å². The van der Waals surface area contributed by atoms with E-state index in [1.54, 1.807) is 7.11 Å². The molecule has 0 amide bonds. The van der Waals surface area contributed by atoms with Crippen LogP contribution in [0.15, 0.2) is 11.6 Å². The van der Waals surface area contributed by atoms with Crippen molar-refractivity contribution >= 4 is 5.97 Å². The number of hydrogen-bond donors (Lipinski definition) is 1. The molecule has 0 atom stereocenters. The van der Waals surface area contributed by atoms with Gasteiger partial charge in [-0.2, -0.15) is 0 Å². The van der Waals surface area contributed by atoms with E-state index in [1.165, 1.54) is 24.8 Å². The Morgan fingerprint density at radius 2 is 2.13 bits per heavy atom. The van der Waals surface area contributed by atoms with E-state index in [0.717, 1.165) is 17.5 Å². The van der Waals surface area contributed by atoms with E-state index in [9.17, 15) is 9.90 Å². The third kappa shape index (κ3) is 3.52. The Balaban J connectivity index is 2.31. The molecule has 2 rings (SSSR count). The summed E-state index contributed by atoms with van der Waals surface area (Å²) in [6.07, 6.45) is 7.33. The van der Waals surface area contributed by atoms with Crippen molar-refractivity contribution in [3.63, 3.8) is 0 Å². The molecule has 1 aliphatic heterocycles. The molecule has 23 heavy (non-hydrogen) atoms. The number of allylic oxidation sites excluding steroid dienone is 2. The van der Waals surface area contributed by atoms with Gasteiger partial charge in [0.15, 0.2) is 0 Å².